The molecule has 5 nitrogen and oxygen atoms in total. The van der Waals surface area contributed by atoms with E-state index in [0.29, 0.717) is 24.7 Å². The molecular formula is C10H10BrN3O2S. The molecule has 90 valence electrons. The summed E-state index contributed by atoms with van der Waals surface area (Å²) in [6, 6.07) is 3.86. The molecule has 0 aliphatic carbocycles. The normalized spacial score (nSPS) is 24.4. The molecule has 3 rings (SSSR count). The van der Waals surface area contributed by atoms with Crippen LogP contribution in [0.4, 0.5) is 0 Å². The van der Waals surface area contributed by atoms with E-state index in [-0.39, 0.29) is 12.1 Å². The van der Waals surface area contributed by atoms with Gasteiger partial charge < -0.3 is 14.9 Å². The lowest BCUT2D eigenvalue weighted by Gasteiger charge is -2.01. The van der Waals surface area contributed by atoms with Crippen molar-refractivity contribution in [1.82, 2.24) is 15.5 Å². The molecule has 1 saturated heterocycles. The van der Waals surface area contributed by atoms with Crippen LogP contribution >= 0.6 is 27.3 Å². The van der Waals surface area contributed by atoms with Crippen molar-refractivity contribution in [2.24, 2.45) is 0 Å². The Kier molecular flexibility index (Phi) is 2.99. The van der Waals surface area contributed by atoms with Crippen molar-refractivity contribution in [3.63, 3.8) is 0 Å². The minimum atomic E-state index is -0.328. The Bertz CT molecular complexity index is 527. The average molecular weight is 316 g/mol. The molecule has 17 heavy (non-hydrogen) atoms. The molecule has 0 spiro atoms. The summed E-state index contributed by atoms with van der Waals surface area (Å²) in [6.45, 7) is 0.576. The molecule has 3 heterocycles. The third-order valence-corrected chi connectivity index (χ3v) is 4.26. The van der Waals surface area contributed by atoms with Crippen LogP contribution in [-0.4, -0.2) is 27.9 Å². The number of thiophene rings is 1. The van der Waals surface area contributed by atoms with Crippen molar-refractivity contribution in [3.05, 3.63) is 21.8 Å². The maximum absolute atomic E-state index is 9.43. The van der Waals surface area contributed by atoms with Crippen LogP contribution < -0.4 is 5.32 Å². The van der Waals surface area contributed by atoms with Crippen LogP contribution in [0.25, 0.3) is 10.7 Å². The number of nitrogens with zero attached hydrogens (tertiary/aromatic N) is 2. The summed E-state index contributed by atoms with van der Waals surface area (Å²) in [5, 5.41) is 16.5. The molecule has 0 unspecified atom stereocenters. The van der Waals surface area contributed by atoms with Crippen molar-refractivity contribution in [2.45, 2.75) is 18.6 Å². The number of halogens is 1. The first kappa shape index (κ1) is 11.3. The van der Waals surface area contributed by atoms with Crippen LogP contribution in [0.1, 0.15) is 18.4 Å². The fourth-order valence-electron chi connectivity index (χ4n) is 1.82. The number of nitrogens with one attached hydrogen (secondary N) is 1. The van der Waals surface area contributed by atoms with Gasteiger partial charge in [-0.25, -0.2) is 0 Å². The Balaban J connectivity index is 1.83. The summed E-state index contributed by atoms with van der Waals surface area (Å²) < 4.78 is 6.25. The molecule has 1 aliphatic rings. The van der Waals surface area contributed by atoms with Gasteiger partial charge in [-0.1, -0.05) is 5.16 Å². The molecule has 2 atom stereocenters. The quantitative estimate of drug-likeness (QED) is 0.886. The van der Waals surface area contributed by atoms with Gasteiger partial charge in [-0.3, -0.25) is 0 Å². The van der Waals surface area contributed by atoms with E-state index in [1.54, 1.807) is 11.3 Å². The zero-order valence-corrected chi connectivity index (χ0v) is 11.2. The van der Waals surface area contributed by atoms with Crippen molar-refractivity contribution in [3.8, 4) is 10.7 Å². The number of aliphatic hydroxyl groups is 1. The average Bonchev–Trinajstić information content (AvgIpc) is 2.96. The number of hydrogen-bond acceptors (Lipinski definition) is 6. The second-order valence-corrected chi connectivity index (χ2v) is 6.37. The third-order valence-electron chi connectivity index (χ3n) is 2.64. The lowest BCUT2D eigenvalue weighted by atomic mass is 10.2. The first-order chi connectivity index (χ1) is 8.22. The van der Waals surface area contributed by atoms with Crippen LogP contribution in [0.15, 0.2) is 20.4 Å². The Morgan fingerprint density at radius 1 is 1.53 bits per heavy atom. The first-order valence-corrected chi connectivity index (χ1v) is 6.84. The van der Waals surface area contributed by atoms with Gasteiger partial charge in [0.25, 0.3) is 0 Å². The molecule has 2 N–H and O–H groups in total. The highest BCUT2D eigenvalue weighted by Crippen LogP contribution is 2.31. The van der Waals surface area contributed by atoms with Crippen LogP contribution in [-0.2, 0) is 0 Å². The third kappa shape index (κ3) is 2.28. The molecule has 0 bridgehead atoms. The lowest BCUT2D eigenvalue weighted by Crippen LogP contribution is -2.15. The van der Waals surface area contributed by atoms with E-state index in [9.17, 15) is 5.11 Å². The predicted molar refractivity (Wildman–Crippen MR) is 66.7 cm³/mol. The lowest BCUT2D eigenvalue weighted by molar-refractivity contribution is 0.191. The van der Waals surface area contributed by atoms with Crippen LogP contribution in [0.3, 0.4) is 0 Å². The molecule has 0 radical (unpaired) electrons. The van der Waals surface area contributed by atoms with Gasteiger partial charge in [-0.15, -0.1) is 11.3 Å². The van der Waals surface area contributed by atoms with Gasteiger partial charge in [0.2, 0.25) is 11.7 Å². The number of rotatable bonds is 2. The minimum absolute atomic E-state index is 0.0327. The van der Waals surface area contributed by atoms with Gasteiger partial charge >= 0.3 is 0 Å². The Morgan fingerprint density at radius 3 is 3.06 bits per heavy atom. The van der Waals surface area contributed by atoms with Gasteiger partial charge in [0.15, 0.2) is 0 Å². The number of hydrogen-bond donors (Lipinski definition) is 2. The van der Waals surface area contributed by atoms with Gasteiger partial charge in [0.05, 0.1) is 20.8 Å². The smallest absolute Gasteiger partial charge is 0.244 e. The van der Waals surface area contributed by atoms with Crippen molar-refractivity contribution in [1.29, 1.82) is 0 Å². The molecule has 7 heteroatoms. The van der Waals surface area contributed by atoms with E-state index in [1.165, 1.54) is 0 Å². The first-order valence-electron chi connectivity index (χ1n) is 5.23. The summed E-state index contributed by atoms with van der Waals surface area (Å²) in [6.07, 6.45) is 0.293. The van der Waals surface area contributed by atoms with E-state index in [0.717, 1.165) is 8.66 Å². The van der Waals surface area contributed by atoms with Crippen LogP contribution in [0.2, 0.25) is 0 Å². The SMILES string of the molecule is O[C@@H]1CN[C@H](c2nc(-c3ccc(Br)s3)no2)C1. The Morgan fingerprint density at radius 2 is 2.41 bits per heavy atom. The van der Waals surface area contributed by atoms with E-state index < -0.39 is 0 Å². The molecule has 0 amide bonds. The Hall–Kier alpha value is -0.760. The summed E-state index contributed by atoms with van der Waals surface area (Å²) in [7, 11) is 0. The monoisotopic (exact) mass is 315 g/mol. The fraction of sp³-hybridized carbons (Fsp3) is 0.400. The molecule has 0 aromatic carbocycles. The molecule has 0 saturated carbocycles. The zero-order valence-electron chi connectivity index (χ0n) is 8.76. The number of β-amino-alcohol motifs (C(OH)–C–C–N with tert-alkyl or cyclic N) is 1. The van der Waals surface area contributed by atoms with Gasteiger partial charge in [0, 0.05) is 6.54 Å². The summed E-state index contributed by atoms with van der Waals surface area (Å²) >= 11 is 4.96. The standard InChI is InChI=1S/C10H10BrN3O2S/c11-8-2-1-7(17-8)9-13-10(16-14-9)6-3-5(15)4-12-6/h1-2,5-6,12,15H,3-4H2/t5-,6-/m0/s1. The fourth-order valence-corrected chi connectivity index (χ4v) is 3.13. The zero-order chi connectivity index (χ0) is 11.8. The predicted octanol–water partition coefficient (Wildman–Crippen LogP) is 1.96. The largest absolute Gasteiger partial charge is 0.392 e. The summed E-state index contributed by atoms with van der Waals surface area (Å²) in [5.74, 6) is 1.14. The van der Waals surface area contributed by atoms with E-state index in [4.69, 9.17) is 4.52 Å². The molecule has 1 fully saturated rings. The topological polar surface area (TPSA) is 71.2 Å². The highest BCUT2D eigenvalue weighted by Gasteiger charge is 2.28. The van der Waals surface area contributed by atoms with E-state index in [2.05, 4.69) is 31.4 Å². The number of aromatic nitrogens is 2. The molecule has 2 aromatic rings. The van der Waals surface area contributed by atoms with E-state index >= 15 is 0 Å². The number of aliphatic hydroxyl groups excluding tert-OH is 1. The summed E-state index contributed by atoms with van der Waals surface area (Å²) in [5.41, 5.74) is 0. The second kappa shape index (κ2) is 4.49. The highest BCUT2D eigenvalue weighted by atomic mass is 79.9. The van der Waals surface area contributed by atoms with Crippen molar-refractivity contribution < 1.29 is 9.63 Å². The van der Waals surface area contributed by atoms with E-state index in [1.807, 2.05) is 12.1 Å². The van der Waals surface area contributed by atoms with Gasteiger partial charge in [0.1, 0.15) is 0 Å². The van der Waals surface area contributed by atoms with Crippen molar-refractivity contribution in [2.75, 3.05) is 6.54 Å². The van der Waals surface area contributed by atoms with Crippen LogP contribution in [0.5, 0.6) is 0 Å². The Labute approximate surface area is 110 Å². The highest BCUT2D eigenvalue weighted by molar-refractivity contribution is 9.11. The van der Waals surface area contributed by atoms with Gasteiger partial charge in [-0.05, 0) is 34.5 Å². The van der Waals surface area contributed by atoms with Crippen LogP contribution in [0, 0.1) is 0 Å². The molecule has 2 aromatic heterocycles. The van der Waals surface area contributed by atoms with Crippen molar-refractivity contribution >= 4 is 27.3 Å². The maximum Gasteiger partial charge on any atom is 0.244 e. The van der Waals surface area contributed by atoms with Gasteiger partial charge in [-0.2, -0.15) is 4.98 Å². The molecule has 1 aliphatic heterocycles. The summed E-state index contributed by atoms with van der Waals surface area (Å²) in [4.78, 5) is 5.31. The minimum Gasteiger partial charge on any atom is -0.392 e. The maximum atomic E-state index is 9.43. The second-order valence-electron chi connectivity index (χ2n) is 3.91. The molecular weight excluding hydrogens is 306 g/mol.